The lowest BCUT2D eigenvalue weighted by molar-refractivity contribution is 0.465. The highest BCUT2D eigenvalue weighted by Crippen LogP contribution is 2.17. The molecule has 0 radical (unpaired) electrons. The number of aromatic hydroxyl groups is 1. The van der Waals surface area contributed by atoms with Crippen molar-refractivity contribution in [2.24, 2.45) is 5.73 Å². The number of aromatic nitrogens is 1. The molecule has 0 aliphatic carbocycles. The second-order valence-corrected chi connectivity index (χ2v) is 4.57. The third-order valence-corrected chi connectivity index (χ3v) is 3.08. The second-order valence-electron chi connectivity index (χ2n) is 4.13. The predicted molar refractivity (Wildman–Crippen MR) is 72.7 cm³/mol. The Morgan fingerprint density at radius 3 is 2.56 bits per heavy atom. The molecule has 94 valence electrons. The molecule has 2 rings (SSSR count). The molecule has 0 aliphatic heterocycles. The molecule has 0 fully saturated rings. The van der Waals surface area contributed by atoms with Crippen LogP contribution in [0.5, 0.6) is 5.75 Å². The molecule has 3 N–H and O–H groups in total. The van der Waals surface area contributed by atoms with E-state index < -0.39 is 0 Å². The van der Waals surface area contributed by atoms with Gasteiger partial charge in [-0.15, -0.1) is 0 Å². The fourth-order valence-electron chi connectivity index (χ4n) is 1.76. The van der Waals surface area contributed by atoms with E-state index in [4.69, 9.17) is 17.3 Å². The zero-order valence-electron chi connectivity index (χ0n) is 9.94. The maximum atomic E-state index is 9.49. The Hall–Kier alpha value is -1.58. The standard InChI is InChI=1S/C14H15ClN2O/c15-12-4-1-10(2-5-12)3-6-13-7-11(8-16)14(18)9-17-13/h1-2,4-5,7,9,18H,3,6,8,16H2. The molecule has 1 aromatic heterocycles. The van der Waals surface area contributed by atoms with Gasteiger partial charge in [-0.2, -0.15) is 0 Å². The van der Waals surface area contributed by atoms with E-state index in [1.54, 1.807) is 0 Å². The lowest BCUT2D eigenvalue weighted by Crippen LogP contribution is -2.01. The number of hydrogen-bond donors (Lipinski definition) is 2. The molecule has 1 heterocycles. The van der Waals surface area contributed by atoms with Gasteiger partial charge in [-0.25, -0.2) is 0 Å². The summed E-state index contributed by atoms with van der Waals surface area (Å²) in [5.74, 6) is 0.160. The van der Waals surface area contributed by atoms with E-state index in [-0.39, 0.29) is 5.75 Å². The van der Waals surface area contributed by atoms with Crippen LogP contribution in [0.1, 0.15) is 16.8 Å². The van der Waals surface area contributed by atoms with Crippen LogP contribution in [0.15, 0.2) is 36.5 Å². The highest BCUT2D eigenvalue weighted by molar-refractivity contribution is 6.30. The molecular formula is C14H15ClN2O. The summed E-state index contributed by atoms with van der Waals surface area (Å²) in [6.45, 7) is 0.322. The van der Waals surface area contributed by atoms with Crippen LogP contribution in [0.3, 0.4) is 0 Å². The highest BCUT2D eigenvalue weighted by Gasteiger charge is 2.03. The molecule has 0 spiro atoms. The molecule has 3 nitrogen and oxygen atoms in total. The molecule has 0 bridgehead atoms. The fraction of sp³-hybridized carbons (Fsp3) is 0.214. The van der Waals surface area contributed by atoms with Gasteiger partial charge in [0, 0.05) is 22.8 Å². The average molecular weight is 263 g/mol. The van der Waals surface area contributed by atoms with E-state index in [1.807, 2.05) is 30.3 Å². The summed E-state index contributed by atoms with van der Waals surface area (Å²) >= 11 is 5.83. The topological polar surface area (TPSA) is 59.1 Å². The maximum absolute atomic E-state index is 9.49. The van der Waals surface area contributed by atoms with Crippen molar-refractivity contribution in [1.29, 1.82) is 0 Å². The summed E-state index contributed by atoms with van der Waals surface area (Å²) in [4.78, 5) is 4.19. The minimum Gasteiger partial charge on any atom is -0.506 e. The van der Waals surface area contributed by atoms with Gasteiger partial charge in [-0.05, 0) is 36.6 Å². The van der Waals surface area contributed by atoms with Crippen LogP contribution >= 0.6 is 11.6 Å². The van der Waals surface area contributed by atoms with E-state index in [0.29, 0.717) is 6.54 Å². The smallest absolute Gasteiger partial charge is 0.138 e. The van der Waals surface area contributed by atoms with E-state index >= 15 is 0 Å². The predicted octanol–water partition coefficient (Wildman–Crippen LogP) is 2.68. The van der Waals surface area contributed by atoms with Crippen LogP contribution in [0.25, 0.3) is 0 Å². The SMILES string of the molecule is NCc1cc(CCc2ccc(Cl)cc2)ncc1O. The highest BCUT2D eigenvalue weighted by atomic mass is 35.5. The second kappa shape index (κ2) is 5.85. The van der Waals surface area contributed by atoms with Crippen LogP contribution in [0.4, 0.5) is 0 Å². The van der Waals surface area contributed by atoms with Crippen LogP contribution in [0, 0.1) is 0 Å². The molecule has 0 unspecified atom stereocenters. The maximum Gasteiger partial charge on any atom is 0.138 e. The van der Waals surface area contributed by atoms with Crippen LogP contribution in [-0.2, 0) is 19.4 Å². The van der Waals surface area contributed by atoms with Gasteiger partial charge in [0.2, 0.25) is 0 Å². The Bertz CT molecular complexity index is 526. The monoisotopic (exact) mass is 262 g/mol. The summed E-state index contributed by atoms with van der Waals surface area (Å²) in [6.07, 6.45) is 3.16. The number of pyridine rings is 1. The van der Waals surface area contributed by atoms with Crippen molar-refractivity contribution in [3.05, 3.63) is 58.4 Å². The fourth-order valence-corrected chi connectivity index (χ4v) is 1.89. The Labute approximate surface area is 111 Å². The lowest BCUT2D eigenvalue weighted by atomic mass is 10.1. The van der Waals surface area contributed by atoms with Crippen molar-refractivity contribution in [2.45, 2.75) is 19.4 Å². The van der Waals surface area contributed by atoms with Gasteiger partial charge >= 0.3 is 0 Å². The Morgan fingerprint density at radius 1 is 1.17 bits per heavy atom. The largest absolute Gasteiger partial charge is 0.506 e. The molecule has 0 saturated heterocycles. The number of nitrogens with two attached hydrogens (primary N) is 1. The number of nitrogens with zero attached hydrogens (tertiary/aromatic N) is 1. The summed E-state index contributed by atoms with van der Waals surface area (Å²) < 4.78 is 0. The van der Waals surface area contributed by atoms with Crippen LogP contribution in [-0.4, -0.2) is 10.1 Å². The number of halogens is 1. The Balaban J connectivity index is 2.04. The quantitative estimate of drug-likeness (QED) is 0.891. The number of aryl methyl sites for hydroxylation is 2. The van der Waals surface area contributed by atoms with Crippen molar-refractivity contribution in [1.82, 2.24) is 4.98 Å². The lowest BCUT2D eigenvalue weighted by Gasteiger charge is -2.05. The molecule has 0 atom stereocenters. The molecule has 0 saturated carbocycles. The first-order valence-corrected chi connectivity index (χ1v) is 6.18. The molecule has 0 amide bonds. The van der Waals surface area contributed by atoms with Crippen molar-refractivity contribution in [2.75, 3.05) is 0 Å². The average Bonchev–Trinajstić information content (AvgIpc) is 2.39. The third kappa shape index (κ3) is 3.22. The van der Waals surface area contributed by atoms with Gasteiger partial charge < -0.3 is 10.8 Å². The zero-order valence-corrected chi connectivity index (χ0v) is 10.7. The van der Waals surface area contributed by atoms with Crippen molar-refractivity contribution in [3.63, 3.8) is 0 Å². The first-order valence-electron chi connectivity index (χ1n) is 5.80. The van der Waals surface area contributed by atoms with Crippen molar-refractivity contribution < 1.29 is 5.11 Å². The van der Waals surface area contributed by atoms with E-state index in [1.165, 1.54) is 11.8 Å². The summed E-state index contributed by atoms with van der Waals surface area (Å²) in [7, 11) is 0. The first-order chi connectivity index (χ1) is 8.69. The van der Waals surface area contributed by atoms with Crippen LogP contribution in [0.2, 0.25) is 5.02 Å². The molecule has 2 aromatic rings. The van der Waals surface area contributed by atoms with Gasteiger partial charge in [-0.1, -0.05) is 23.7 Å². The first kappa shape index (κ1) is 12.9. The third-order valence-electron chi connectivity index (χ3n) is 2.83. The summed E-state index contributed by atoms with van der Waals surface area (Å²) in [5, 5.41) is 10.2. The minimum absolute atomic E-state index is 0.160. The van der Waals surface area contributed by atoms with E-state index in [2.05, 4.69) is 4.98 Å². The number of rotatable bonds is 4. The molecular weight excluding hydrogens is 248 g/mol. The van der Waals surface area contributed by atoms with Crippen molar-refractivity contribution in [3.8, 4) is 5.75 Å². The van der Waals surface area contributed by atoms with Gasteiger partial charge in [0.1, 0.15) is 5.75 Å². The van der Waals surface area contributed by atoms with Gasteiger partial charge in [0.15, 0.2) is 0 Å². The molecule has 1 aromatic carbocycles. The normalized spacial score (nSPS) is 10.6. The van der Waals surface area contributed by atoms with Gasteiger partial charge in [0.25, 0.3) is 0 Å². The van der Waals surface area contributed by atoms with Crippen LogP contribution < -0.4 is 5.73 Å². The Morgan fingerprint density at radius 2 is 1.89 bits per heavy atom. The van der Waals surface area contributed by atoms with E-state index in [9.17, 15) is 5.11 Å². The molecule has 0 aliphatic rings. The van der Waals surface area contributed by atoms with Crippen molar-refractivity contribution >= 4 is 11.6 Å². The summed E-state index contributed by atoms with van der Waals surface area (Å²) in [6, 6.07) is 9.63. The number of hydrogen-bond acceptors (Lipinski definition) is 3. The van der Waals surface area contributed by atoms with Gasteiger partial charge in [0.05, 0.1) is 6.20 Å². The molecule has 18 heavy (non-hydrogen) atoms. The zero-order chi connectivity index (χ0) is 13.0. The molecule has 4 heteroatoms. The Kier molecular flexibility index (Phi) is 4.18. The van der Waals surface area contributed by atoms with E-state index in [0.717, 1.165) is 29.1 Å². The summed E-state index contributed by atoms with van der Waals surface area (Å²) in [5.41, 5.74) is 8.42. The number of benzene rings is 1. The van der Waals surface area contributed by atoms with Gasteiger partial charge in [-0.3, -0.25) is 4.98 Å². The minimum atomic E-state index is 0.160.